The van der Waals surface area contributed by atoms with Crippen molar-refractivity contribution in [2.45, 2.75) is 56.5 Å². The highest BCUT2D eigenvalue weighted by molar-refractivity contribution is 6.00. The molecule has 31 heavy (non-hydrogen) atoms. The number of amides is 2. The molecule has 164 valence electrons. The van der Waals surface area contributed by atoms with Gasteiger partial charge in [0.05, 0.1) is 24.9 Å². The van der Waals surface area contributed by atoms with Crippen molar-refractivity contribution in [2.75, 3.05) is 18.5 Å². The summed E-state index contributed by atoms with van der Waals surface area (Å²) >= 11 is 0. The zero-order valence-electron chi connectivity index (χ0n) is 17.4. The molecule has 0 spiro atoms. The van der Waals surface area contributed by atoms with E-state index in [-0.39, 0.29) is 36.7 Å². The number of carbonyl (C=O) groups excluding carboxylic acids is 2. The lowest BCUT2D eigenvalue weighted by Gasteiger charge is -2.24. The van der Waals surface area contributed by atoms with E-state index >= 15 is 0 Å². The Labute approximate surface area is 181 Å². The van der Waals surface area contributed by atoms with E-state index in [0.29, 0.717) is 12.3 Å². The molecule has 2 saturated heterocycles. The van der Waals surface area contributed by atoms with Gasteiger partial charge in [0.1, 0.15) is 12.2 Å². The molecule has 2 aliphatic heterocycles. The molecule has 2 aromatic rings. The van der Waals surface area contributed by atoms with Crippen LogP contribution in [0, 0.1) is 5.92 Å². The number of ether oxygens (including phenoxy) is 3. The van der Waals surface area contributed by atoms with Crippen LogP contribution in [-0.2, 0) is 19.0 Å². The SMILES string of the molecule is O=C(Nc1cccc2ccccc12)O[C@H]1CO[C@@H]2[C@@H]1OC[C@@H]2NC(=O)C1CCCCC1. The Kier molecular flexibility index (Phi) is 5.78. The van der Waals surface area contributed by atoms with Crippen LogP contribution in [0.2, 0.25) is 0 Å². The molecule has 0 radical (unpaired) electrons. The highest BCUT2D eigenvalue weighted by Crippen LogP contribution is 2.31. The maximum Gasteiger partial charge on any atom is 0.412 e. The lowest BCUT2D eigenvalue weighted by atomic mass is 9.88. The monoisotopic (exact) mass is 424 g/mol. The molecule has 5 rings (SSSR count). The van der Waals surface area contributed by atoms with Crippen LogP contribution in [0.25, 0.3) is 10.8 Å². The van der Waals surface area contributed by atoms with Crippen molar-refractivity contribution in [3.63, 3.8) is 0 Å². The van der Waals surface area contributed by atoms with E-state index in [0.717, 1.165) is 36.5 Å². The Morgan fingerprint density at radius 3 is 2.55 bits per heavy atom. The first-order chi connectivity index (χ1) is 15.2. The second kappa shape index (κ2) is 8.85. The second-order valence-electron chi connectivity index (χ2n) is 8.64. The lowest BCUT2D eigenvalue weighted by molar-refractivity contribution is -0.127. The number of anilines is 1. The zero-order valence-corrected chi connectivity index (χ0v) is 17.4. The summed E-state index contributed by atoms with van der Waals surface area (Å²) in [6.07, 6.45) is 3.65. The molecule has 0 unspecified atom stereocenters. The van der Waals surface area contributed by atoms with Crippen molar-refractivity contribution in [2.24, 2.45) is 5.92 Å². The lowest BCUT2D eigenvalue weighted by Crippen LogP contribution is -2.46. The van der Waals surface area contributed by atoms with E-state index in [4.69, 9.17) is 14.2 Å². The predicted octanol–water partition coefficient (Wildman–Crippen LogP) is 3.62. The highest BCUT2D eigenvalue weighted by atomic mass is 16.6. The van der Waals surface area contributed by atoms with Crippen molar-refractivity contribution in [1.82, 2.24) is 5.32 Å². The van der Waals surface area contributed by atoms with E-state index < -0.39 is 12.2 Å². The number of nitrogens with one attached hydrogen (secondary N) is 2. The van der Waals surface area contributed by atoms with Crippen LogP contribution in [0.1, 0.15) is 32.1 Å². The fourth-order valence-electron chi connectivity index (χ4n) is 4.97. The van der Waals surface area contributed by atoms with Gasteiger partial charge in [0, 0.05) is 11.3 Å². The summed E-state index contributed by atoms with van der Waals surface area (Å²) in [5, 5.41) is 7.94. The molecule has 7 nitrogen and oxygen atoms in total. The molecule has 0 aromatic heterocycles. The van der Waals surface area contributed by atoms with Crippen molar-refractivity contribution in [1.29, 1.82) is 0 Å². The molecule has 1 saturated carbocycles. The first-order valence-electron chi connectivity index (χ1n) is 11.2. The van der Waals surface area contributed by atoms with Gasteiger partial charge in [-0.2, -0.15) is 0 Å². The van der Waals surface area contributed by atoms with Gasteiger partial charge in [-0.3, -0.25) is 10.1 Å². The number of hydrogen-bond acceptors (Lipinski definition) is 5. The van der Waals surface area contributed by atoms with Crippen molar-refractivity contribution < 1.29 is 23.8 Å². The Balaban J connectivity index is 1.17. The van der Waals surface area contributed by atoms with Crippen LogP contribution < -0.4 is 10.6 Å². The second-order valence-corrected chi connectivity index (χ2v) is 8.64. The molecule has 7 heteroatoms. The van der Waals surface area contributed by atoms with Crippen LogP contribution in [0.15, 0.2) is 42.5 Å². The van der Waals surface area contributed by atoms with Gasteiger partial charge in [-0.15, -0.1) is 0 Å². The summed E-state index contributed by atoms with van der Waals surface area (Å²) in [5.41, 5.74) is 0.698. The van der Waals surface area contributed by atoms with Gasteiger partial charge >= 0.3 is 6.09 Å². The van der Waals surface area contributed by atoms with Crippen molar-refractivity contribution in [3.8, 4) is 0 Å². The molecule has 1 aliphatic carbocycles. The topological polar surface area (TPSA) is 85.9 Å². The number of benzene rings is 2. The Hall–Kier alpha value is -2.64. The van der Waals surface area contributed by atoms with Crippen LogP contribution in [0.5, 0.6) is 0 Å². The number of hydrogen-bond donors (Lipinski definition) is 2. The van der Waals surface area contributed by atoms with Crippen molar-refractivity contribution >= 4 is 28.5 Å². The third kappa shape index (κ3) is 4.25. The van der Waals surface area contributed by atoms with Crippen LogP contribution in [-0.4, -0.2) is 49.6 Å². The van der Waals surface area contributed by atoms with Gasteiger partial charge in [-0.25, -0.2) is 4.79 Å². The van der Waals surface area contributed by atoms with E-state index in [1.165, 1.54) is 6.42 Å². The molecular formula is C24H28N2O5. The van der Waals surface area contributed by atoms with Gasteiger partial charge in [-0.1, -0.05) is 55.7 Å². The van der Waals surface area contributed by atoms with E-state index in [1.54, 1.807) is 0 Å². The quantitative estimate of drug-likeness (QED) is 0.783. The van der Waals surface area contributed by atoms with E-state index in [1.807, 2.05) is 42.5 Å². The third-order valence-corrected chi connectivity index (χ3v) is 6.60. The summed E-state index contributed by atoms with van der Waals surface area (Å²) in [5.74, 6) is 0.184. The number of fused-ring (bicyclic) bond motifs is 2. The largest absolute Gasteiger partial charge is 0.441 e. The third-order valence-electron chi connectivity index (χ3n) is 6.60. The Morgan fingerprint density at radius 2 is 1.68 bits per heavy atom. The van der Waals surface area contributed by atoms with E-state index in [9.17, 15) is 9.59 Å². The van der Waals surface area contributed by atoms with Gasteiger partial charge in [0.2, 0.25) is 5.91 Å². The molecule has 0 bridgehead atoms. The smallest absolute Gasteiger partial charge is 0.412 e. The molecule has 2 amide bonds. The minimum absolute atomic E-state index is 0.0905. The van der Waals surface area contributed by atoms with Crippen LogP contribution in [0.4, 0.5) is 10.5 Å². The maximum absolute atomic E-state index is 12.6. The average Bonchev–Trinajstić information content (AvgIpc) is 3.38. The fourth-order valence-corrected chi connectivity index (χ4v) is 4.97. The van der Waals surface area contributed by atoms with Crippen LogP contribution >= 0.6 is 0 Å². The minimum Gasteiger partial charge on any atom is -0.441 e. The molecule has 3 aliphatic rings. The number of carbonyl (C=O) groups is 2. The predicted molar refractivity (Wildman–Crippen MR) is 116 cm³/mol. The minimum atomic E-state index is -0.538. The fraction of sp³-hybridized carbons (Fsp3) is 0.500. The first-order valence-corrected chi connectivity index (χ1v) is 11.2. The summed E-state index contributed by atoms with van der Waals surface area (Å²) in [6, 6.07) is 13.4. The Bertz CT molecular complexity index is 953. The molecule has 2 N–H and O–H groups in total. The first kappa shape index (κ1) is 20.3. The maximum atomic E-state index is 12.6. The van der Waals surface area contributed by atoms with Gasteiger partial charge in [0.25, 0.3) is 0 Å². The van der Waals surface area contributed by atoms with E-state index in [2.05, 4.69) is 10.6 Å². The van der Waals surface area contributed by atoms with Crippen LogP contribution in [0.3, 0.4) is 0 Å². The highest BCUT2D eigenvalue weighted by Gasteiger charge is 2.50. The molecule has 3 fully saturated rings. The molecule has 4 atom stereocenters. The standard InChI is InChI=1S/C24H28N2O5/c27-23(16-8-2-1-3-9-16)25-19-13-29-22-20(14-30-21(19)22)31-24(28)26-18-12-6-10-15-7-4-5-11-17(15)18/h4-7,10-12,16,19-22H,1-3,8-9,13-14H2,(H,25,27)(H,26,28)/t19-,20-,21-,22+/m0/s1. The summed E-state index contributed by atoms with van der Waals surface area (Å²) in [4.78, 5) is 25.1. The molecule has 2 aromatic carbocycles. The normalized spacial score (nSPS) is 28.3. The summed E-state index contributed by atoms with van der Waals surface area (Å²) in [6.45, 7) is 0.632. The van der Waals surface area contributed by atoms with Crippen molar-refractivity contribution in [3.05, 3.63) is 42.5 Å². The molecule has 2 heterocycles. The zero-order chi connectivity index (χ0) is 21.2. The van der Waals surface area contributed by atoms with Gasteiger partial charge < -0.3 is 19.5 Å². The van der Waals surface area contributed by atoms with Gasteiger partial charge in [0.15, 0.2) is 6.10 Å². The van der Waals surface area contributed by atoms with Gasteiger partial charge in [-0.05, 0) is 24.3 Å². The molecular weight excluding hydrogens is 396 g/mol. The summed E-state index contributed by atoms with van der Waals surface area (Å²) in [7, 11) is 0. The summed E-state index contributed by atoms with van der Waals surface area (Å²) < 4.78 is 17.4. The Morgan fingerprint density at radius 1 is 0.903 bits per heavy atom. The average molecular weight is 424 g/mol. The number of rotatable bonds is 4.